The minimum atomic E-state index is -0.250. The van der Waals surface area contributed by atoms with Crippen LogP contribution in [0.25, 0.3) is 0 Å². The number of fused-ring (bicyclic) bond motifs is 1. The lowest BCUT2D eigenvalue weighted by Crippen LogP contribution is -2.37. The van der Waals surface area contributed by atoms with Crippen LogP contribution in [0, 0.1) is 11.8 Å². The van der Waals surface area contributed by atoms with E-state index in [-0.39, 0.29) is 25.2 Å². The number of hydrogen-bond acceptors (Lipinski definition) is 7. The highest BCUT2D eigenvalue weighted by molar-refractivity contribution is 5.33. The van der Waals surface area contributed by atoms with Crippen molar-refractivity contribution in [3.05, 3.63) is 29.8 Å². The fourth-order valence-corrected chi connectivity index (χ4v) is 6.45. The van der Waals surface area contributed by atoms with Gasteiger partial charge in [-0.05, 0) is 75.9 Å². The lowest BCUT2D eigenvalue weighted by atomic mass is 9.74. The molecule has 0 aromatic heterocycles. The van der Waals surface area contributed by atoms with Gasteiger partial charge in [-0.3, -0.25) is 14.5 Å². The Hall–Kier alpha value is -2.20. The number of hydrogen-bond donors (Lipinski definition) is 3. The number of ether oxygens (including phenoxy) is 2. The Balaban J connectivity index is 0.000000550. The average Bonchev–Trinajstić information content (AvgIpc) is 3.53. The van der Waals surface area contributed by atoms with Gasteiger partial charge in [0.05, 0.1) is 18.3 Å². The van der Waals surface area contributed by atoms with E-state index in [1.165, 1.54) is 50.9 Å². The highest BCUT2D eigenvalue weighted by Crippen LogP contribution is 2.54. The molecule has 1 aromatic carbocycles. The molecule has 36 heavy (non-hydrogen) atoms. The van der Waals surface area contributed by atoms with Gasteiger partial charge in [0.1, 0.15) is 5.75 Å². The summed E-state index contributed by atoms with van der Waals surface area (Å²) in [5, 5.41) is 23.6. The van der Waals surface area contributed by atoms with Crippen LogP contribution in [0.4, 0.5) is 0 Å². The molecule has 202 valence electrons. The number of rotatable bonds is 9. The quantitative estimate of drug-likeness (QED) is 0.343. The zero-order valence-electron chi connectivity index (χ0n) is 21.2. The summed E-state index contributed by atoms with van der Waals surface area (Å²) in [6.45, 7) is 7.36. The number of aliphatic hydroxyl groups is 1. The summed E-state index contributed by atoms with van der Waals surface area (Å²) >= 11 is 0. The Bertz CT molecular complexity index is 798. The Morgan fingerprint density at radius 2 is 1.83 bits per heavy atom. The largest absolute Gasteiger partial charge is 0.494 e. The molecule has 2 bridgehead atoms. The Labute approximate surface area is 214 Å². The average molecular weight is 507 g/mol. The van der Waals surface area contributed by atoms with Crippen LogP contribution in [0.15, 0.2) is 24.3 Å². The maximum Gasteiger partial charge on any atom is 0.290 e. The summed E-state index contributed by atoms with van der Waals surface area (Å²) in [7, 11) is 0. The summed E-state index contributed by atoms with van der Waals surface area (Å²) in [5.41, 5.74) is 1.33. The van der Waals surface area contributed by atoms with Crippen LogP contribution in [0.1, 0.15) is 50.5 Å². The summed E-state index contributed by atoms with van der Waals surface area (Å²) < 4.78 is 12.4. The van der Waals surface area contributed by atoms with Crippen LogP contribution in [0.3, 0.4) is 0 Å². The zero-order valence-corrected chi connectivity index (χ0v) is 21.2. The first-order valence-corrected chi connectivity index (χ1v) is 13.2. The van der Waals surface area contributed by atoms with E-state index < -0.39 is 0 Å². The number of piperidine rings is 1. The van der Waals surface area contributed by atoms with E-state index in [1.54, 1.807) is 0 Å². The number of nitrogens with zero attached hydrogens (tertiary/aromatic N) is 2. The molecule has 3 N–H and O–H groups in total. The molecule has 0 unspecified atom stereocenters. The van der Waals surface area contributed by atoms with E-state index in [9.17, 15) is 5.11 Å². The van der Waals surface area contributed by atoms with Crippen LogP contribution in [0.5, 0.6) is 5.75 Å². The van der Waals surface area contributed by atoms with E-state index >= 15 is 0 Å². The molecule has 4 fully saturated rings. The van der Waals surface area contributed by atoms with Gasteiger partial charge in [-0.1, -0.05) is 18.6 Å². The first-order valence-electron chi connectivity index (χ1n) is 13.2. The lowest BCUT2D eigenvalue weighted by Gasteiger charge is -2.28. The van der Waals surface area contributed by atoms with Crippen LogP contribution < -0.4 is 4.74 Å². The molecule has 5 rings (SSSR count). The van der Waals surface area contributed by atoms with Crippen LogP contribution in [-0.2, 0) is 20.9 Å². The molecule has 4 saturated heterocycles. The van der Waals surface area contributed by atoms with Crippen LogP contribution >= 0.6 is 0 Å². The second-order valence-corrected chi connectivity index (χ2v) is 10.2. The maximum atomic E-state index is 9.82. The normalized spacial score (nSPS) is 28.9. The van der Waals surface area contributed by atoms with Gasteiger partial charge in [0.15, 0.2) is 0 Å². The Morgan fingerprint density at radius 1 is 1.08 bits per heavy atom. The molecule has 4 heterocycles. The predicted octanol–water partition coefficient (Wildman–Crippen LogP) is 2.70. The molecule has 9 heteroatoms. The van der Waals surface area contributed by atoms with Gasteiger partial charge in [-0.15, -0.1) is 0 Å². The van der Waals surface area contributed by atoms with E-state index in [0.717, 1.165) is 51.3 Å². The van der Waals surface area contributed by atoms with E-state index in [0.29, 0.717) is 17.9 Å². The second-order valence-electron chi connectivity index (χ2n) is 10.2. The van der Waals surface area contributed by atoms with Gasteiger partial charge >= 0.3 is 0 Å². The molecule has 0 radical (unpaired) electrons. The van der Waals surface area contributed by atoms with E-state index in [4.69, 9.17) is 29.3 Å². The number of carbonyl (C=O) groups is 2. The van der Waals surface area contributed by atoms with Crippen molar-refractivity contribution in [1.82, 2.24) is 9.80 Å². The van der Waals surface area contributed by atoms with Crippen molar-refractivity contribution in [2.24, 2.45) is 11.8 Å². The Morgan fingerprint density at radius 3 is 2.56 bits per heavy atom. The van der Waals surface area contributed by atoms with Gasteiger partial charge in [0, 0.05) is 38.1 Å². The Kier molecular flexibility index (Phi) is 11.4. The van der Waals surface area contributed by atoms with Crippen molar-refractivity contribution in [3.63, 3.8) is 0 Å². The maximum absolute atomic E-state index is 9.82. The summed E-state index contributed by atoms with van der Waals surface area (Å²) in [4.78, 5) is 21.8. The molecule has 0 aliphatic carbocycles. The molecule has 4 aliphatic heterocycles. The summed E-state index contributed by atoms with van der Waals surface area (Å²) in [6.07, 6.45) is 9.08. The molecule has 4 aliphatic rings. The third kappa shape index (κ3) is 7.41. The van der Waals surface area contributed by atoms with Gasteiger partial charge < -0.3 is 29.7 Å². The van der Waals surface area contributed by atoms with Crippen molar-refractivity contribution in [2.45, 2.75) is 63.2 Å². The third-order valence-corrected chi connectivity index (χ3v) is 7.96. The van der Waals surface area contributed by atoms with E-state index in [2.05, 4.69) is 34.1 Å². The van der Waals surface area contributed by atoms with Crippen molar-refractivity contribution in [2.75, 3.05) is 45.9 Å². The predicted molar refractivity (Wildman–Crippen MR) is 135 cm³/mol. The summed E-state index contributed by atoms with van der Waals surface area (Å²) in [6, 6.07) is 8.61. The monoisotopic (exact) mass is 506 g/mol. The molecule has 1 aromatic rings. The van der Waals surface area contributed by atoms with Crippen molar-refractivity contribution in [1.29, 1.82) is 0 Å². The van der Waals surface area contributed by atoms with Gasteiger partial charge in [0.2, 0.25) is 0 Å². The van der Waals surface area contributed by atoms with Crippen LogP contribution in [-0.4, -0.2) is 95.7 Å². The minimum absolute atomic E-state index is 0.0144. The lowest BCUT2D eigenvalue weighted by molar-refractivity contribution is -0.123. The number of unbranched alkanes of at least 4 members (excludes halogenated alkanes) is 1. The third-order valence-electron chi connectivity index (χ3n) is 7.96. The highest BCUT2D eigenvalue weighted by Gasteiger charge is 2.62. The van der Waals surface area contributed by atoms with Crippen molar-refractivity contribution >= 4 is 12.9 Å². The highest BCUT2D eigenvalue weighted by atomic mass is 16.5. The fourth-order valence-electron chi connectivity index (χ4n) is 6.45. The number of likely N-dealkylation sites (tertiary alicyclic amines) is 2. The molecule has 4 atom stereocenters. The molecular weight excluding hydrogens is 464 g/mol. The zero-order chi connectivity index (χ0) is 25.8. The molecule has 9 nitrogen and oxygen atoms in total. The minimum Gasteiger partial charge on any atom is -0.494 e. The van der Waals surface area contributed by atoms with Gasteiger partial charge in [-0.25, -0.2) is 0 Å². The molecule has 0 amide bonds. The molecule has 1 spiro atoms. The summed E-state index contributed by atoms with van der Waals surface area (Å²) in [5.74, 6) is 1.83. The number of benzene rings is 1. The van der Waals surface area contributed by atoms with Crippen LogP contribution in [0.2, 0.25) is 0 Å². The SMILES string of the molecule is O=CO.O=CO.OC[C@H]1[C@H]2CN(Cc3cccc(OCCCCN4CCCCC4)c3)C[C@]23CC[C@H]1O3. The standard InChI is InChI=1S/C25H38N2O3.2CH2O2/c28-18-22-23-17-27(19-25(23)10-9-24(22)30-25)16-20-7-6-8-21(15-20)29-14-5-4-13-26-11-2-1-3-12-26;2*2-1-3/h6-8,15,22-24,28H,1-5,9-14,16-19H2;2*1H,(H,2,3)/t22-,23+,24+,25+;;/m0../s1. The number of carboxylic acid groups (broad SMARTS) is 2. The van der Waals surface area contributed by atoms with Gasteiger partial charge in [-0.2, -0.15) is 0 Å². The van der Waals surface area contributed by atoms with Crippen molar-refractivity contribution < 1.29 is 34.4 Å². The topological polar surface area (TPSA) is 120 Å². The van der Waals surface area contributed by atoms with E-state index in [1.807, 2.05) is 0 Å². The van der Waals surface area contributed by atoms with Gasteiger partial charge in [0.25, 0.3) is 12.9 Å². The first kappa shape index (κ1) is 28.4. The number of aliphatic hydroxyl groups excluding tert-OH is 1. The molecular formula is C27H42N2O7. The fraction of sp³-hybridized carbons (Fsp3) is 0.704. The second kappa shape index (κ2) is 14.5. The molecule has 0 saturated carbocycles. The first-order chi connectivity index (χ1) is 17.6. The van der Waals surface area contributed by atoms with Crippen molar-refractivity contribution in [3.8, 4) is 5.75 Å². The smallest absolute Gasteiger partial charge is 0.290 e.